The first-order chi connectivity index (χ1) is 21.1. The highest BCUT2D eigenvalue weighted by Gasteiger charge is 2.55. The van der Waals surface area contributed by atoms with Gasteiger partial charge in [0.2, 0.25) is 0 Å². The molecule has 0 radical (unpaired) electrons. The first kappa shape index (κ1) is 34.0. The summed E-state index contributed by atoms with van der Waals surface area (Å²) in [6.07, 6.45) is -4.38. The summed E-state index contributed by atoms with van der Waals surface area (Å²) in [5.74, 6) is -1.24. The lowest BCUT2D eigenvalue weighted by molar-refractivity contribution is -0.257. The number of benzene rings is 3. The van der Waals surface area contributed by atoms with Gasteiger partial charge in [-0.1, -0.05) is 35.3 Å². The van der Waals surface area contributed by atoms with Gasteiger partial charge in [0.15, 0.2) is 5.60 Å². The minimum Gasteiger partial charge on any atom is -0.392 e. The van der Waals surface area contributed by atoms with Crippen LogP contribution in [-0.4, -0.2) is 80.8 Å². The van der Waals surface area contributed by atoms with Crippen molar-refractivity contribution in [3.8, 4) is 5.69 Å². The Morgan fingerprint density at radius 2 is 1.76 bits per heavy atom. The van der Waals surface area contributed by atoms with E-state index in [1.165, 1.54) is 31.3 Å². The number of aliphatic hydroxyl groups excluding tert-OH is 1. The van der Waals surface area contributed by atoms with Crippen molar-refractivity contribution in [3.63, 3.8) is 0 Å². The number of hydrogen-bond acceptors (Lipinski definition) is 6. The second-order valence-corrected chi connectivity index (χ2v) is 11.5. The second kappa shape index (κ2) is 13.7. The van der Waals surface area contributed by atoms with E-state index in [0.717, 1.165) is 4.90 Å². The van der Waals surface area contributed by atoms with Gasteiger partial charge in [-0.3, -0.25) is 9.59 Å². The fourth-order valence-electron chi connectivity index (χ4n) is 4.73. The predicted molar refractivity (Wildman–Crippen MR) is 167 cm³/mol. The molecule has 4 rings (SSSR count). The lowest BCUT2D eigenvalue weighted by atomic mass is 10.0. The van der Waals surface area contributed by atoms with Crippen LogP contribution in [0.15, 0.2) is 60.8 Å². The molecule has 1 heterocycles. The highest BCUT2D eigenvalue weighted by Crippen LogP contribution is 2.35. The number of alkyl halides is 3. The zero-order valence-electron chi connectivity index (χ0n) is 24.6. The highest BCUT2D eigenvalue weighted by atomic mass is 35.5. The summed E-state index contributed by atoms with van der Waals surface area (Å²) in [5.41, 5.74) is -1.17. The van der Waals surface area contributed by atoms with Gasteiger partial charge in [0.05, 0.1) is 52.2 Å². The summed E-state index contributed by atoms with van der Waals surface area (Å²) in [4.78, 5) is 26.6. The molecule has 0 spiro atoms. The number of rotatable bonds is 11. The second-order valence-electron chi connectivity index (χ2n) is 10.7. The van der Waals surface area contributed by atoms with Gasteiger partial charge in [-0.15, -0.1) is 0 Å². The van der Waals surface area contributed by atoms with E-state index in [4.69, 9.17) is 23.2 Å². The average Bonchev–Trinajstić information content (AvgIpc) is 3.40. The summed E-state index contributed by atoms with van der Waals surface area (Å²) in [6, 6.07) is 14.3. The number of fused-ring (bicyclic) bond motifs is 1. The first-order valence-electron chi connectivity index (χ1n) is 14.0. The molecule has 0 saturated carbocycles. The Morgan fingerprint density at radius 3 is 2.38 bits per heavy atom. The number of hydrogen-bond donors (Lipinski definition) is 4. The van der Waals surface area contributed by atoms with Crippen LogP contribution in [0.4, 0.5) is 18.9 Å². The molecule has 4 N–H and O–H groups in total. The van der Waals surface area contributed by atoms with Crippen LogP contribution < -0.4 is 10.6 Å². The van der Waals surface area contributed by atoms with Gasteiger partial charge >= 0.3 is 6.18 Å². The van der Waals surface area contributed by atoms with Gasteiger partial charge in [0.25, 0.3) is 11.8 Å². The molecule has 3 aromatic carbocycles. The van der Waals surface area contributed by atoms with Crippen molar-refractivity contribution in [3.05, 3.63) is 87.5 Å². The zero-order valence-corrected chi connectivity index (χ0v) is 26.1. The lowest BCUT2D eigenvalue weighted by Crippen LogP contribution is -2.58. The van der Waals surface area contributed by atoms with Crippen LogP contribution in [0.3, 0.4) is 0 Å². The predicted octanol–water partition coefficient (Wildman–Crippen LogP) is 5.62. The molecule has 45 heavy (non-hydrogen) atoms. The van der Waals surface area contributed by atoms with E-state index in [2.05, 4.69) is 15.7 Å². The van der Waals surface area contributed by atoms with E-state index < -0.39 is 42.8 Å². The maximum Gasteiger partial charge on any atom is 0.420 e. The minimum absolute atomic E-state index is 0.0234. The normalized spacial score (nSPS) is 13.7. The Hall–Kier alpha value is -3.84. The molecule has 1 unspecified atom stereocenters. The number of carbonyl (C=O) groups is 2. The molecule has 4 aromatic rings. The number of carbonyl (C=O) groups excluding carboxylic acids is 2. The van der Waals surface area contributed by atoms with Crippen molar-refractivity contribution >= 4 is 51.6 Å². The number of aromatic nitrogens is 2. The largest absolute Gasteiger partial charge is 0.420 e. The van der Waals surface area contributed by atoms with E-state index in [-0.39, 0.29) is 34.4 Å². The Labute approximate surface area is 267 Å². The van der Waals surface area contributed by atoms with Crippen LogP contribution in [0.1, 0.15) is 40.1 Å². The van der Waals surface area contributed by atoms with Crippen LogP contribution in [0.5, 0.6) is 0 Å². The Morgan fingerprint density at radius 1 is 1.09 bits per heavy atom. The van der Waals surface area contributed by atoms with E-state index in [0.29, 0.717) is 27.7 Å². The van der Waals surface area contributed by atoms with E-state index in [1.54, 1.807) is 54.9 Å². The average molecular weight is 667 g/mol. The molecule has 2 atom stereocenters. The number of halogens is 5. The number of nitrogens with one attached hydrogen (secondary N) is 2. The van der Waals surface area contributed by atoms with Gasteiger partial charge in [-0.25, -0.2) is 4.68 Å². The smallest absolute Gasteiger partial charge is 0.392 e. The van der Waals surface area contributed by atoms with Crippen molar-refractivity contribution in [2.45, 2.75) is 38.7 Å². The topological polar surface area (TPSA) is 120 Å². The van der Waals surface area contributed by atoms with Crippen LogP contribution in [-0.2, 0) is 0 Å². The number of likely N-dealkylation sites (N-methyl/N-ethyl adjacent to an activating group) is 1. The monoisotopic (exact) mass is 665 g/mol. The number of nitrogens with zero attached hydrogens (tertiary/aromatic N) is 3. The number of amides is 2. The maximum atomic E-state index is 14.4. The summed E-state index contributed by atoms with van der Waals surface area (Å²) >= 11 is 12.3. The maximum absolute atomic E-state index is 14.4. The van der Waals surface area contributed by atoms with Gasteiger partial charge in [0, 0.05) is 29.7 Å². The first-order valence-corrected chi connectivity index (χ1v) is 14.7. The molecule has 0 bridgehead atoms. The van der Waals surface area contributed by atoms with Gasteiger partial charge in [0.1, 0.15) is 0 Å². The fraction of sp³-hybridized carbons (Fsp3) is 0.323. The molecule has 0 saturated heterocycles. The van der Waals surface area contributed by atoms with Crippen molar-refractivity contribution in [2.24, 2.45) is 0 Å². The van der Waals surface area contributed by atoms with Crippen LogP contribution >= 0.6 is 23.2 Å². The van der Waals surface area contributed by atoms with E-state index in [9.17, 15) is 33.0 Å². The fourth-order valence-corrected chi connectivity index (χ4v) is 5.29. The molecule has 240 valence electrons. The highest BCUT2D eigenvalue weighted by molar-refractivity contribution is 6.39. The third-order valence-electron chi connectivity index (χ3n) is 7.14. The molecular formula is C31H32Cl2F3N5O4. The molecule has 0 aliphatic heterocycles. The Kier molecular flexibility index (Phi) is 10.3. The zero-order chi connectivity index (χ0) is 33.1. The molecule has 0 aliphatic rings. The van der Waals surface area contributed by atoms with Gasteiger partial charge in [-0.2, -0.15) is 18.3 Å². The Balaban J connectivity index is 1.63. The van der Waals surface area contributed by atoms with Crippen molar-refractivity contribution < 1.29 is 33.0 Å². The molecule has 1 aromatic heterocycles. The molecule has 14 heteroatoms. The quantitative estimate of drug-likeness (QED) is 0.165. The van der Waals surface area contributed by atoms with Gasteiger partial charge < -0.3 is 25.7 Å². The number of aryl methyl sites for hydroxylation is 1. The molecule has 9 nitrogen and oxygen atoms in total. The number of anilines is 1. The molecule has 0 fully saturated rings. The summed E-state index contributed by atoms with van der Waals surface area (Å²) in [7, 11) is 0. The summed E-state index contributed by atoms with van der Waals surface area (Å²) < 4.78 is 44.8. The lowest BCUT2D eigenvalue weighted by Gasteiger charge is -2.36. The van der Waals surface area contributed by atoms with Crippen molar-refractivity contribution in [2.75, 3.05) is 31.5 Å². The standard InChI is InChI=1S/C31H32Cl2F3N5O4/c1-4-40(29(44)27-23(32)9-6-10-24(27)33)17-30(45,31(34,35)36)16-38-25-11-18(2)12-26-22(25)15-39-41(26)21-8-5-7-20(13-21)28(43)37-14-19(3)42/h5-13,15,19,38,42,45H,4,14,16-17H2,1-3H3,(H,37,43)/t19-,30?/m0/s1. The third kappa shape index (κ3) is 7.52. The third-order valence-corrected chi connectivity index (χ3v) is 7.77. The van der Waals surface area contributed by atoms with Crippen molar-refractivity contribution in [1.29, 1.82) is 0 Å². The van der Waals surface area contributed by atoms with Crippen LogP contribution in [0, 0.1) is 6.92 Å². The van der Waals surface area contributed by atoms with E-state index >= 15 is 0 Å². The summed E-state index contributed by atoms with van der Waals surface area (Å²) in [6.45, 7) is 2.63. The molecular weight excluding hydrogens is 634 g/mol. The Bertz CT molecular complexity index is 1690. The van der Waals surface area contributed by atoms with E-state index in [1.807, 2.05) is 0 Å². The van der Waals surface area contributed by atoms with Crippen LogP contribution in [0.25, 0.3) is 16.6 Å². The van der Waals surface area contributed by atoms with Gasteiger partial charge in [-0.05, 0) is 68.8 Å². The SMILES string of the molecule is CCN(CC(O)(CNc1cc(C)cc2c1cnn2-c1cccc(C(=O)NC[C@H](C)O)c1)C(F)(F)F)C(=O)c1c(Cl)cccc1Cl. The summed E-state index contributed by atoms with van der Waals surface area (Å²) in [5, 5.41) is 30.7. The van der Waals surface area contributed by atoms with Crippen molar-refractivity contribution in [1.82, 2.24) is 20.0 Å². The molecule has 2 amide bonds. The minimum atomic E-state index is -5.13. The van der Waals surface area contributed by atoms with Crippen LogP contribution in [0.2, 0.25) is 10.0 Å². The molecule has 0 aliphatic carbocycles. The number of aliphatic hydroxyl groups is 2.